The lowest BCUT2D eigenvalue weighted by Gasteiger charge is -2.13. The number of amides is 1. The van der Waals surface area contributed by atoms with Gasteiger partial charge >= 0.3 is 5.69 Å². The molecular formula is C16H18N6O4. The smallest absolute Gasteiger partial charge is 0.354 e. The van der Waals surface area contributed by atoms with E-state index >= 15 is 0 Å². The first kappa shape index (κ1) is 17.5. The fourth-order valence-corrected chi connectivity index (χ4v) is 2.57. The molecule has 1 aliphatic rings. The lowest BCUT2D eigenvalue weighted by atomic mass is 10.2. The van der Waals surface area contributed by atoms with Crippen molar-refractivity contribution in [3.8, 4) is 0 Å². The van der Waals surface area contributed by atoms with E-state index in [4.69, 9.17) is 4.74 Å². The van der Waals surface area contributed by atoms with Crippen molar-refractivity contribution in [2.45, 2.75) is 18.9 Å². The van der Waals surface area contributed by atoms with E-state index in [1.807, 2.05) is 0 Å². The van der Waals surface area contributed by atoms with Crippen LogP contribution >= 0.6 is 0 Å². The van der Waals surface area contributed by atoms with Crippen LogP contribution < -0.4 is 16.2 Å². The van der Waals surface area contributed by atoms with E-state index in [1.54, 1.807) is 30.3 Å². The van der Waals surface area contributed by atoms with Gasteiger partial charge in [-0.25, -0.2) is 9.97 Å². The molecule has 2 aromatic rings. The summed E-state index contributed by atoms with van der Waals surface area (Å²) in [5.41, 5.74) is 4.96. The molecule has 10 nitrogen and oxygen atoms in total. The van der Waals surface area contributed by atoms with Crippen LogP contribution in [-0.4, -0.2) is 40.1 Å². The molecule has 0 saturated carbocycles. The Kier molecular flexibility index (Phi) is 5.54. The van der Waals surface area contributed by atoms with Crippen molar-refractivity contribution >= 4 is 23.2 Å². The number of carbonyl (C=O) groups excluding carboxylic acids is 1. The van der Waals surface area contributed by atoms with Gasteiger partial charge in [0.15, 0.2) is 0 Å². The molecule has 26 heavy (non-hydrogen) atoms. The van der Waals surface area contributed by atoms with Gasteiger partial charge < -0.3 is 10.1 Å². The van der Waals surface area contributed by atoms with Crippen molar-refractivity contribution in [1.82, 2.24) is 15.4 Å². The second-order valence-electron chi connectivity index (χ2n) is 5.64. The van der Waals surface area contributed by atoms with E-state index in [9.17, 15) is 14.9 Å². The Hall–Kier alpha value is -3.27. The highest BCUT2D eigenvalue weighted by molar-refractivity contribution is 5.95. The Morgan fingerprint density at radius 1 is 1.27 bits per heavy atom. The highest BCUT2D eigenvalue weighted by Crippen LogP contribution is 2.28. The van der Waals surface area contributed by atoms with Crippen LogP contribution in [0.3, 0.4) is 0 Å². The number of aromatic nitrogens is 2. The predicted molar refractivity (Wildman–Crippen MR) is 93.7 cm³/mol. The molecule has 1 saturated heterocycles. The average Bonchev–Trinajstić information content (AvgIpc) is 3.18. The summed E-state index contributed by atoms with van der Waals surface area (Å²) in [4.78, 5) is 30.7. The Morgan fingerprint density at radius 3 is 2.73 bits per heavy atom. The number of nitrogens with zero attached hydrogens (tertiary/aromatic N) is 3. The maximum atomic E-state index is 12.1. The third kappa shape index (κ3) is 4.22. The number of nitro groups is 1. The van der Waals surface area contributed by atoms with Crippen LogP contribution in [0.15, 0.2) is 36.7 Å². The zero-order chi connectivity index (χ0) is 18.4. The monoisotopic (exact) mass is 358 g/mol. The number of ether oxygens (including phenoxy) is 1. The molecular weight excluding hydrogens is 340 g/mol. The molecule has 0 aliphatic carbocycles. The Labute approximate surface area is 149 Å². The van der Waals surface area contributed by atoms with Crippen LogP contribution in [-0.2, 0) is 4.74 Å². The van der Waals surface area contributed by atoms with Gasteiger partial charge in [-0.2, -0.15) is 0 Å². The second kappa shape index (κ2) is 8.21. The highest BCUT2D eigenvalue weighted by Gasteiger charge is 2.25. The lowest BCUT2D eigenvalue weighted by molar-refractivity contribution is -0.383. The summed E-state index contributed by atoms with van der Waals surface area (Å²) in [5, 5.41) is 14.4. The zero-order valence-corrected chi connectivity index (χ0v) is 13.8. The van der Waals surface area contributed by atoms with Gasteiger partial charge in [0.2, 0.25) is 11.6 Å². The van der Waals surface area contributed by atoms with Crippen LogP contribution in [0.4, 0.5) is 17.3 Å². The number of carbonyl (C=O) groups is 1. The van der Waals surface area contributed by atoms with E-state index in [2.05, 4.69) is 26.1 Å². The van der Waals surface area contributed by atoms with Crippen LogP contribution in [0.25, 0.3) is 0 Å². The fraction of sp³-hybridized carbons (Fsp3) is 0.312. The summed E-state index contributed by atoms with van der Waals surface area (Å²) in [5.74, 6) is -0.478. The number of benzene rings is 1. The molecule has 1 aromatic carbocycles. The van der Waals surface area contributed by atoms with Gasteiger partial charge in [0.05, 0.1) is 11.0 Å². The first-order chi connectivity index (χ1) is 12.6. The molecule has 1 aliphatic heterocycles. The van der Waals surface area contributed by atoms with Crippen molar-refractivity contribution < 1.29 is 14.5 Å². The molecule has 10 heteroatoms. The number of hydrazine groups is 1. The van der Waals surface area contributed by atoms with E-state index < -0.39 is 10.8 Å². The van der Waals surface area contributed by atoms with Crippen molar-refractivity contribution in [3.05, 3.63) is 52.3 Å². The average molecular weight is 358 g/mol. The second-order valence-corrected chi connectivity index (χ2v) is 5.64. The summed E-state index contributed by atoms with van der Waals surface area (Å²) in [6.07, 6.45) is 3.04. The summed E-state index contributed by atoms with van der Waals surface area (Å²) in [6, 6.07) is 8.47. The standard InChI is InChI=1S/C16H18N6O4/c23-16(11-5-2-1-3-6-11)21-20-15-13(22(24)25)14(18-10-19-15)17-9-12-7-4-8-26-12/h1-3,5-6,10,12H,4,7-9H2,(H,21,23)(H2,17,18,19,20). The number of rotatable bonds is 7. The van der Waals surface area contributed by atoms with Crippen LogP contribution in [0.2, 0.25) is 0 Å². The fourth-order valence-electron chi connectivity index (χ4n) is 2.57. The Morgan fingerprint density at radius 2 is 2.04 bits per heavy atom. The van der Waals surface area contributed by atoms with Gasteiger partial charge in [-0.15, -0.1) is 0 Å². The van der Waals surface area contributed by atoms with Gasteiger partial charge in [-0.1, -0.05) is 18.2 Å². The van der Waals surface area contributed by atoms with E-state index in [1.165, 1.54) is 6.33 Å². The molecule has 3 rings (SSSR count). The normalized spacial score (nSPS) is 16.1. The van der Waals surface area contributed by atoms with Crippen LogP contribution in [0.5, 0.6) is 0 Å². The molecule has 3 N–H and O–H groups in total. The van der Waals surface area contributed by atoms with Crippen molar-refractivity contribution in [2.24, 2.45) is 0 Å². The highest BCUT2D eigenvalue weighted by atomic mass is 16.6. The zero-order valence-electron chi connectivity index (χ0n) is 13.8. The maximum absolute atomic E-state index is 12.1. The van der Waals surface area contributed by atoms with Gasteiger partial charge in [-0.05, 0) is 25.0 Å². The molecule has 0 radical (unpaired) electrons. The minimum Gasteiger partial charge on any atom is -0.376 e. The van der Waals surface area contributed by atoms with Crippen LogP contribution in [0.1, 0.15) is 23.2 Å². The van der Waals surface area contributed by atoms with Gasteiger partial charge in [0.1, 0.15) is 6.33 Å². The third-order valence-electron chi connectivity index (χ3n) is 3.86. The maximum Gasteiger partial charge on any atom is 0.354 e. The number of hydrogen-bond donors (Lipinski definition) is 3. The van der Waals surface area contributed by atoms with E-state index in [-0.39, 0.29) is 23.4 Å². The van der Waals surface area contributed by atoms with E-state index in [0.717, 1.165) is 12.8 Å². The topological polar surface area (TPSA) is 131 Å². The van der Waals surface area contributed by atoms with Crippen molar-refractivity contribution in [2.75, 3.05) is 23.9 Å². The predicted octanol–water partition coefficient (Wildman–Crippen LogP) is 1.73. The Bertz CT molecular complexity index is 780. The summed E-state index contributed by atoms with van der Waals surface area (Å²) in [6.45, 7) is 1.10. The van der Waals surface area contributed by atoms with Crippen molar-refractivity contribution in [1.29, 1.82) is 0 Å². The first-order valence-corrected chi connectivity index (χ1v) is 8.11. The molecule has 1 fully saturated rings. The van der Waals surface area contributed by atoms with Crippen LogP contribution in [0, 0.1) is 10.1 Å². The summed E-state index contributed by atoms with van der Waals surface area (Å²) < 4.78 is 5.48. The van der Waals surface area contributed by atoms with Gasteiger partial charge in [-0.3, -0.25) is 25.8 Å². The number of hydrogen-bond acceptors (Lipinski definition) is 8. The first-order valence-electron chi connectivity index (χ1n) is 8.11. The molecule has 2 heterocycles. The molecule has 1 aromatic heterocycles. The number of nitrogens with one attached hydrogen (secondary N) is 3. The molecule has 136 valence electrons. The quantitative estimate of drug-likeness (QED) is 0.504. The summed E-state index contributed by atoms with van der Waals surface area (Å²) >= 11 is 0. The molecule has 1 amide bonds. The van der Waals surface area contributed by atoms with Crippen molar-refractivity contribution in [3.63, 3.8) is 0 Å². The largest absolute Gasteiger partial charge is 0.376 e. The third-order valence-corrected chi connectivity index (χ3v) is 3.86. The van der Waals surface area contributed by atoms with Gasteiger partial charge in [0, 0.05) is 18.7 Å². The minimum absolute atomic E-state index is 0.00115. The van der Waals surface area contributed by atoms with Gasteiger partial charge in [0.25, 0.3) is 5.91 Å². The molecule has 1 atom stereocenters. The molecule has 0 spiro atoms. The summed E-state index contributed by atoms with van der Waals surface area (Å²) in [7, 11) is 0. The molecule has 1 unspecified atom stereocenters. The number of anilines is 2. The molecule has 0 bridgehead atoms. The lowest BCUT2D eigenvalue weighted by Crippen LogP contribution is -2.30. The Balaban J connectivity index is 1.70. The SMILES string of the molecule is O=C(NNc1ncnc(NCC2CCCO2)c1[N+](=O)[O-])c1ccccc1. The minimum atomic E-state index is -0.602. The van der Waals surface area contributed by atoms with E-state index in [0.29, 0.717) is 18.7 Å².